The van der Waals surface area contributed by atoms with Gasteiger partial charge in [-0.2, -0.15) is 0 Å². The van der Waals surface area contributed by atoms with Gasteiger partial charge in [0.1, 0.15) is 0 Å². The van der Waals surface area contributed by atoms with Crippen LogP contribution in [-0.4, -0.2) is 26.1 Å². The lowest BCUT2D eigenvalue weighted by Gasteiger charge is -2.16. The first kappa shape index (κ1) is 21.2. The molecule has 0 amide bonds. The molecular weight excluding hydrogens is 384 g/mol. The van der Waals surface area contributed by atoms with Gasteiger partial charge in [-0.05, 0) is 67.0 Å². The first-order valence-corrected chi connectivity index (χ1v) is 9.86. The third-order valence-corrected chi connectivity index (χ3v) is 5.30. The van der Waals surface area contributed by atoms with Crippen LogP contribution < -0.4 is 5.32 Å². The van der Waals surface area contributed by atoms with E-state index in [0.717, 1.165) is 42.4 Å². The average Bonchev–Trinajstić information content (AvgIpc) is 3.20. The van der Waals surface area contributed by atoms with E-state index in [1.807, 2.05) is 36.7 Å². The van der Waals surface area contributed by atoms with Crippen LogP contribution >= 0.6 is 12.4 Å². The van der Waals surface area contributed by atoms with Gasteiger partial charge in [0, 0.05) is 30.4 Å². The van der Waals surface area contributed by atoms with E-state index in [4.69, 9.17) is 0 Å². The van der Waals surface area contributed by atoms with E-state index in [-0.39, 0.29) is 12.4 Å². The highest BCUT2D eigenvalue weighted by molar-refractivity contribution is 5.85. The molecule has 152 valence electrons. The number of halogens is 1. The fourth-order valence-corrected chi connectivity index (χ4v) is 3.58. The number of aromatic nitrogens is 3. The van der Waals surface area contributed by atoms with Gasteiger partial charge < -0.3 is 15.4 Å². The highest BCUT2D eigenvalue weighted by Crippen LogP contribution is 2.22. The Bertz CT molecular complexity index is 1060. The van der Waals surface area contributed by atoms with E-state index in [2.05, 4.69) is 45.4 Å². The summed E-state index contributed by atoms with van der Waals surface area (Å²) in [5.41, 5.74) is 4.12. The number of pyridine rings is 1. The van der Waals surface area contributed by atoms with E-state index in [1.54, 1.807) is 6.33 Å². The second-order valence-corrected chi connectivity index (χ2v) is 7.46. The normalized spacial score (nSPS) is 13.3. The molecule has 29 heavy (non-hydrogen) atoms. The molecule has 4 aromatic rings. The van der Waals surface area contributed by atoms with Crippen molar-refractivity contribution >= 4 is 34.2 Å². The van der Waals surface area contributed by atoms with Crippen LogP contribution in [0.3, 0.4) is 0 Å². The summed E-state index contributed by atoms with van der Waals surface area (Å²) in [6, 6.07) is 14.8. The number of fused-ring (bicyclic) bond motifs is 2. The molecule has 0 spiro atoms. The largest absolute Gasteiger partial charge is 0.388 e. The van der Waals surface area contributed by atoms with Crippen molar-refractivity contribution in [3.8, 4) is 0 Å². The second kappa shape index (κ2) is 9.83. The maximum Gasteiger partial charge on any atom is 0.0931 e. The quantitative estimate of drug-likeness (QED) is 0.385. The SMILES string of the molecule is C[C@H](CCCC(O)c1ccc2nc[nH]c2c1)NCc1ccc2cnccc2c1.Cl. The van der Waals surface area contributed by atoms with Gasteiger partial charge in [-0.3, -0.25) is 4.98 Å². The van der Waals surface area contributed by atoms with Crippen LogP contribution in [-0.2, 0) is 6.54 Å². The van der Waals surface area contributed by atoms with Gasteiger partial charge in [-0.1, -0.05) is 18.2 Å². The summed E-state index contributed by atoms with van der Waals surface area (Å²) >= 11 is 0. The van der Waals surface area contributed by atoms with Gasteiger partial charge in [0.25, 0.3) is 0 Å². The number of nitrogens with zero attached hydrogens (tertiary/aromatic N) is 2. The van der Waals surface area contributed by atoms with E-state index in [0.29, 0.717) is 6.04 Å². The molecule has 0 aliphatic rings. The molecule has 0 fully saturated rings. The Morgan fingerprint density at radius 3 is 2.86 bits per heavy atom. The Kier molecular flexibility index (Phi) is 7.20. The van der Waals surface area contributed by atoms with Gasteiger partial charge in [0.15, 0.2) is 0 Å². The van der Waals surface area contributed by atoms with Gasteiger partial charge in [-0.25, -0.2) is 4.98 Å². The van der Waals surface area contributed by atoms with Crippen LogP contribution in [0, 0.1) is 0 Å². The molecule has 0 saturated heterocycles. The van der Waals surface area contributed by atoms with Crippen molar-refractivity contribution in [2.45, 2.75) is 44.9 Å². The van der Waals surface area contributed by atoms with Crippen molar-refractivity contribution in [1.29, 1.82) is 0 Å². The summed E-state index contributed by atoms with van der Waals surface area (Å²) in [5.74, 6) is 0. The van der Waals surface area contributed by atoms with Crippen LogP contribution in [0.4, 0.5) is 0 Å². The lowest BCUT2D eigenvalue weighted by molar-refractivity contribution is 0.162. The van der Waals surface area contributed by atoms with Gasteiger partial charge in [0.05, 0.1) is 23.5 Å². The minimum Gasteiger partial charge on any atom is -0.388 e. The fourth-order valence-electron chi connectivity index (χ4n) is 3.58. The van der Waals surface area contributed by atoms with Gasteiger partial charge >= 0.3 is 0 Å². The van der Waals surface area contributed by atoms with Crippen LogP contribution in [0.2, 0.25) is 0 Å². The zero-order valence-electron chi connectivity index (χ0n) is 16.5. The van der Waals surface area contributed by atoms with Crippen molar-refractivity contribution < 1.29 is 5.11 Å². The molecule has 4 rings (SSSR count). The number of aliphatic hydroxyl groups excluding tert-OH is 1. The predicted octanol–water partition coefficient (Wildman–Crippen LogP) is 4.91. The molecule has 0 bridgehead atoms. The maximum atomic E-state index is 10.5. The first-order chi connectivity index (χ1) is 13.7. The van der Waals surface area contributed by atoms with E-state index < -0.39 is 6.10 Å². The summed E-state index contributed by atoms with van der Waals surface area (Å²) in [7, 11) is 0. The summed E-state index contributed by atoms with van der Waals surface area (Å²) in [4.78, 5) is 11.5. The predicted molar refractivity (Wildman–Crippen MR) is 120 cm³/mol. The Labute approximate surface area is 177 Å². The molecule has 2 heterocycles. The number of benzene rings is 2. The Morgan fingerprint density at radius 2 is 1.97 bits per heavy atom. The molecule has 5 nitrogen and oxygen atoms in total. The number of aliphatic hydroxyl groups is 1. The minimum atomic E-state index is -0.436. The number of hydrogen-bond donors (Lipinski definition) is 3. The second-order valence-electron chi connectivity index (χ2n) is 7.46. The molecule has 6 heteroatoms. The summed E-state index contributed by atoms with van der Waals surface area (Å²) in [6.07, 6.45) is 7.73. The van der Waals surface area contributed by atoms with E-state index in [9.17, 15) is 5.11 Å². The van der Waals surface area contributed by atoms with E-state index in [1.165, 1.54) is 16.3 Å². The van der Waals surface area contributed by atoms with Crippen molar-refractivity contribution in [1.82, 2.24) is 20.3 Å². The van der Waals surface area contributed by atoms with Crippen molar-refractivity contribution in [3.05, 3.63) is 72.3 Å². The number of rotatable bonds is 8. The van der Waals surface area contributed by atoms with E-state index >= 15 is 0 Å². The van der Waals surface area contributed by atoms with Crippen molar-refractivity contribution in [2.24, 2.45) is 0 Å². The monoisotopic (exact) mass is 410 g/mol. The fraction of sp³-hybridized carbons (Fsp3) is 0.304. The van der Waals surface area contributed by atoms with Crippen molar-refractivity contribution in [2.75, 3.05) is 0 Å². The summed E-state index contributed by atoms with van der Waals surface area (Å²) in [5, 5.41) is 16.5. The molecule has 2 aromatic heterocycles. The van der Waals surface area contributed by atoms with Crippen LogP contribution in [0.15, 0.2) is 61.2 Å². The molecule has 0 aliphatic heterocycles. The third-order valence-electron chi connectivity index (χ3n) is 5.30. The number of aromatic amines is 1. The van der Waals surface area contributed by atoms with Crippen LogP contribution in [0.25, 0.3) is 21.8 Å². The highest BCUT2D eigenvalue weighted by Gasteiger charge is 2.10. The molecular formula is C23H27ClN4O. The average molecular weight is 411 g/mol. The zero-order chi connectivity index (χ0) is 19.3. The summed E-state index contributed by atoms with van der Waals surface area (Å²) in [6.45, 7) is 3.05. The number of imidazole rings is 1. The zero-order valence-corrected chi connectivity index (χ0v) is 17.3. The maximum absolute atomic E-state index is 10.5. The topological polar surface area (TPSA) is 73.8 Å². The molecule has 0 aliphatic carbocycles. The summed E-state index contributed by atoms with van der Waals surface area (Å²) < 4.78 is 0. The lowest BCUT2D eigenvalue weighted by atomic mass is 10.0. The number of H-pyrrole nitrogens is 1. The Morgan fingerprint density at radius 1 is 1.07 bits per heavy atom. The Hall–Kier alpha value is -2.47. The minimum absolute atomic E-state index is 0. The molecule has 3 N–H and O–H groups in total. The molecule has 0 radical (unpaired) electrons. The van der Waals surface area contributed by atoms with Crippen LogP contribution in [0.5, 0.6) is 0 Å². The smallest absolute Gasteiger partial charge is 0.0931 e. The highest BCUT2D eigenvalue weighted by atomic mass is 35.5. The van der Waals surface area contributed by atoms with Crippen LogP contribution in [0.1, 0.15) is 43.4 Å². The molecule has 2 aromatic carbocycles. The molecule has 0 saturated carbocycles. The lowest BCUT2D eigenvalue weighted by Crippen LogP contribution is -2.25. The first-order valence-electron chi connectivity index (χ1n) is 9.86. The number of nitrogens with one attached hydrogen (secondary N) is 2. The van der Waals surface area contributed by atoms with Crippen molar-refractivity contribution in [3.63, 3.8) is 0 Å². The van der Waals surface area contributed by atoms with Gasteiger partial charge in [0.2, 0.25) is 0 Å². The van der Waals surface area contributed by atoms with Gasteiger partial charge in [-0.15, -0.1) is 12.4 Å². The third kappa shape index (κ3) is 5.32. The molecule has 2 atom stereocenters. The molecule has 1 unspecified atom stereocenters. The number of hydrogen-bond acceptors (Lipinski definition) is 4. The Balaban J connectivity index is 0.00000240. The standard InChI is InChI=1S/C23H26N4O.ClH/c1-16(25-13-17-5-6-20-14-24-10-9-18(20)11-17)3-2-4-23(28)19-7-8-21-22(12-19)27-15-26-21;/h5-12,14-16,23,25,28H,2-4,13H2,1H3,(H,26,27);1H/t16-,23?;/m1./s1.